The number of fused-ring (bicyclic) bond motifs is 1. The van der Waals surface area contributed by atoms with E-state index in [0.29, 0.717) is 6.61 Å². The first kappa shape index (κ1) is 17.0. The molecule has 1 fully saturated rings. The van der Waals surface area contributed by atoms with Gasteiger partial charge in [-0.2, -0.15) is 5.10 Å². The van der Waals surface area contributed by atoms with Crippen LogP contribution in [0.2, 0.25) is 0 Å². The number of aromatic nitrogens is 4. The molecule has 1 aliphatic heterocycles. The lowest BCUT2D eigenvalue weighted by molar-refractivity contribution is -0.0348. The summed E-state index contributed by atoms with van der Waals surface area (Å²) >= 11 is 0. The van der Waals surface area contributed by atoms with Gasteiger partial charge >= 0.3 is 0 Å². The number of ether oxygens (including phenoxy) is 1. The van der Waals surface area contributed by atoms with Gasteiger partial charge in [0.25, 0.3) is 0 Å². The molecule has 0 bridgehead atoms. The van der Waals surface area contributed by atoms with Gasteiger partial charge in [-0.25, -0.2) is 4.98 Å². The SMILES string of the molecule is c1cc(-c2cn[nH]c2)nc([C@H]2CN(Cc3ccnc4ccccc34)CCO2)c1. The second kappa shape index (κ2) is 7.50. The third-order valence-corrected chi connectivity index (χ3v) is 5.18. The summed E-state index contributed by atoms with van der Waals surface area (Å²) in [5, 5.41) is 8.07. The highest BCUT2D eigenvalue weighted by Gasteiger charge is 2.24. The Bertz CT molecular complexity index is 1070. The molecule has 1 aromatic carbocycles. The van der Waals surface area contributed by atoms with Crippen molar-refractivity contribution in [2.24, 2.45) is 0 Å². The molecule has 1 aliphatic rings. The van der Waals surface area contributed by atoms with Crippen molar-refractivity contribution in [3.05, 3.63) is 78.4 Å². The topological polar surface area (TPSA) is 66.9 Å². The molecule has 6 nitrogen and oxygen atoms in total. The number of nitrogens with one attached hydrogen (secondary N) is 1. The van der Waals surface area contributed by atoms with Gasteiger partial charge in [-0.15, -0.1) is 0 Å². The molecule has 0 amide bonds. The Balaban J connectivity index is 1.36. The molecule has 5 rings (SSSR count). The largest absolute Gasteiger partial charge is 0.369 e. The van der Waals surface area contributed by atoms with Crippen LogP contribution >= 0.6 is 0 Å². The molecule has 28 heavy (non-hydrogen) atoms. The highest BCUT2D eigenvalue weighted by atomic mass is 16.5. The van der Waals surface area contributed by atoms with E-state index in [0.717, 1.165) is 42.1 Å². The van der Waals surface area contributed by atoms with Crippen LogP contribution in [0.1, 0.15) is 17.4 Å². The molecule has 1 atom stereocenters. The van der Waals surface area contributed by atoms with E-state index in [1.807, 2.05) is 36.7 Å². The minimum absolute atomic E-state index is 0.0336. The fourth-order valence-corrected chi connectivity index (χ4v) is 3.74. The lowest BCUT2D eigenvalue weighted by Crippen LogP contribution is -2.38. The summed E-state index contributed by atoms with van der Waals surface area (Å²) < 4.78 is 6.05. The molecular weight excluding hydrogens is 350 g/mol. The summed E-state index contributed by atoms with van der Waals surface area (Å²) in [6.45, 7) is 3.31. The first-order valence-electron chi connectivity index (χ1n) is 9.49. The minimum Gasteiger partial charge on any atom is -0.369 e. The van der Waals surface area contributed by atoms with Crippen molar-refractivity contribution < 1.29 is 4.74 Å². The molecule has 0 aliphatic carbocycles. The predicted molar refractivity (Wildman–Crippen MR) is 108 cm³/mol. The van der Waals surface area contributed by atoms with Crippen molar-refractivity contribution in [2.45, 2.75) is 12.6 Å². The summed E-state index contributed by atoms with van der Waals surface area (Å²) in [5.74, 6) is 0. The predicted octanol–water partition coefficient (Wildman–Crippen LogP) is 3.59. The molecule has 0 saturated carbocycles. The quantitative estimate of drug-likeness (QED) is 0.594. The standard InChI is InChI=1S/C22H21N5O/c1-2-5-20-18(4-1)16(8-9-23-20)14-27-10-11-28-22(15-27)21-7-3-6-19(26-21)17-12-24-25-13-17/h1-9,12-13,22H,10-11,14-15H2,(H,24,25)/t22-/m1/s1. The van der Waals surface area contributed by atoms with Crippen LogP contribution in [0.15, 0.2) is 67.1 Å². The normalized spacial score (nSPS) is 17.8. The number of aromatic amines is 1. The fraction of sp³-hybridized carbons (Fsp3) is 0.227. The monoisotopic (exact) mass is 371 g/mol. The van der Waals surface area contributed by atoms with Gasteiger partial charge < -0.3 is 4.74 Å². The van der Waals surface area contributed by atoms with Gasteiger partial charge in [0.1, 0.15) is 6.10 Å². The van der Waals surface area contributed by atoms with Crippen molar-refractivity contribution >= 4 is 10.9 Å². The molecule has 4 aromatic rings. The van der Waals surface area contributed by atoms with Crippen LogP contribution in [0.25, 0.3) is 22.2 Å². The first-order chi connectivity index (χ1) is 13.9. The molecule has 6 heteroatoms. The van der Waals surface area contributed by atoms with Gasteiger partial charge in [-0.3, -0.25) is 15.0 Å². The molecule has 3 aromatic heterocycles. The number of hydrogen-bond acceptors (Lipinski definition) is 5. The highest BCUT2D eigenvalue weighted by Crippen LogP contribution is 2.26. The van der Waals surface area contributed by atoms with Crippen LogP contribution in [0.3, 0.4) is 0 Å². The first-order valence-corrected chi connectivity index (χ1v) is 9.49. The summed E-state index contributed by atoms with van der Waals surface area (Å²) in [6.07, 6.45) is 5.50. The molecular formula is C22H21N5O. The van der Waals surface area contributed by atoms with Gasteiger partial charge in [0.2, 0.25) is 0 Å². The molecule has 0 unspecified atom stereocenters. The van der Waals surface area contributed by atoms with E-state index in [2.05, 4.69) is 44.3 Å². The van der Waals surface area contributed by atoms with E-state index in [-0.39, 0.29) is 6.10 Å². The fourth-order valence-electron chi connectivity index (χ4n) is 3.74. The zero-order valence-corrected chi connectivity index (χ0v) is 15.5. The van der Waals surface area contributed by atoms with E-state index < -0.39 is 0 Å². The summed E-state index contributed by atoms with van der Waals surface area (Å²) in [7, 11) is 0. The number of H-pyrrole nitrogens is 1. The number of morpholine rings is 1. The summed E-state index contributed by atoms with van der Waals surface area (Å²) in [5.41, 5.74) is 5.19. The van der Waals surface area contributed by atoms with Crippen LogP contribution in [-0.2, 0) is 11.3 Å². The number of nitrogens with zero attached hydrogens (tertiary/aromatic N) is 4. The Morgan fingerprint density at radius 3 is 3.00 bits per heavy atom. The Morgan fingerprint density at radius 2 is 2.07 bits per heavy atom. The third-order valence-electron chi connectivity index (χ3n) is 5.18. The van der Waals surface area contributed by atoms with Crippen LogP contribution in [0.4, 0.5) is 0 Å². The number of pyridine rings is 2. The average molecular weight is 371 g/mol. The maximum Gasteiger partial charge on any atom is 0.112 e. The van der Waals surface area contributed by atoms with E-state index in [1.165, 1.54) is 10.9 Å². The van der Waals surface area contributed by atoms with Crippen LogP contribution in [0.5, 0.6) is 0 Å². The highest BCUT2D eigenvalue weighted by molar-refractivity contribution is 5.81. The van der Waals surface area contributed by atoms with Crippen LogP contribution < -0.4 is 0 Å². The number of benzene rings is 1. The maximum absolute atomic E-state index is 6.05. The van der Waals surface area contributed by atoms with Gasteiger partial charge in [0, 0.05) is 43.0 Å². The van der Waals surface area contributed by atoms with Crippen molar-refractivity contribution in [2.75, 3.05) is 19.7 Å². The van der Waals surface area contributed by atoms with Crippen LogP contribution in [-0.4, -0.2) is 44.8 Å². The number of rotatable bonds is 4. The Kier molecular flexibility index (Phi) is 4.56. The average Bonchev–Trinajstić information content (AvgIpc) is 3.30. The zero-order valence-electron chi connectivity index (χ0n) is 15.5. The van der Waals surface area contributed by atoms with E-state index >= 15 is 0 Å². The minimum atomic E-state index is -0.0336. The zero-order chi connectivity index (χ0) is 18.8. The van der Waals surface area contributed by atoms with E-state index in [1.54, 1.807) is 6.20 Å². The van der Waals surface area contributed by atoms with E-state index in [9.17, 15) is 0 Å². The Hall–Kier alpha value is -3.09. The summed E-state index contributed by atoms with van der Waals surface area (Å²) in [4.78, 5) is 11.7. The number of para-hydroxylation sites is 1. The third kappa shape index (κ3) is 3.40. The van der Waals surface area contributed by atoms with Crippen molar-refractivity contribution in [3.63, 3.8) is 0 Å². The molecule has 1 N–H and O–H groups in total. The van der Waals surface area contributed by atoms with Crippen molar-refractivity contribution in [1.29, 1.82) is 0 Å². The summed E-state index contributed by atoms with van der Waals surface area (Å²) in [6, 6.07) is 16.5. The van der Waals surface area contributed by atoms with Gasteiger partial charge in [0.05, 0.1) is 29.7 Å². The van der Waals surface area contributed by atoms with Gasteiger partial charge in [-0.05, 0) is 29.8 Å². The maximum atomic E-state index is 6.05. The second-order valence-corrected chi connectivity index (χ2v) is 7.02. The molecule has 4 heterocycles. The lowest BCUT2D eigenvalue weighted by Gasteiger charge is -2.33. The smallest absolute Gasteiger partial charge is 0.112 e. The number of hydrogen-bond donors (Lipinski definition) is 1. The molecule has 0 spiro atoms. The second-order valence-electron chi connectivity index (χ2n) is 7.02. The van der Waals surface area contributed by atoms with Crippen molar-refractivity contribution in [3.8, 4) is 11.3 Å². The molecule has 140 valence electrons. The van der Waals surface area contributed by atoms with E-state index in [4.69, 9.17) is 9.72 Å². The van der Waals surface area contributed by atoms with Gasteiger partial charge in [-0.1, -0.05) is 24.3 Å². The Labute approximate surface area is 163 Å². The van der Waals surface area contributed by atoms with Gasteiger partial charge in [0.15, 0.2) is 0 Å². The lowest BCUT2D eigenvalue weighted by atomic mass is 10.1. The Morgan fingerprint density at radius 1 is 1.11 bits per heavy atom. The molecule has 1 saturated heterocycles. The van der Waals surface area contributed by atoms with Crippen LogP contribution in [0, 0.1) is 0 Å². The molecule has 0 radical (unpaired) electrons. The van der Waals surface area contributed by atoms with Crippen molar-refractivity contribution in [1.82, 2.24) is 25.1 Å².